The predicted molar refractivity (Wildman–Crippen MR) is 80.9 cm³/mol. The zero-order chi connectivity index (χ0) is 14.5. The van der Waals surface area contributed by atoms with Crippen molar-refractivity contribution >= 4 is 21.7 Å². The zero-order valence-corrected chi connectivity index (χ0v) is 12.8. The summed E-state index contributed by atoms with van der Waals surface area (Å²) in [6.07, 6.45) is 2.66. The predicted octanol–water partition coefficient (Wildman–Crippen LogP) is 2.98. The second kappa shape index (κ2) is 6.61. The SMILES string of the molecule is Cc1cnn(CCCC(=O)c2ccc(Br)cc2)c(=O)c1. The Hall–Kier alpha value is -1.75. The van der Waals surface area contributed by atoms with Crippen LogP contribution in [0.2, 0.25) is 0 Å². The number of aromatic nitrogens is 2. The van der Waals surface area contributed by atoms with Crippen LogP contribution in [-0.4, -0.2) is 15.6 Å². The summed E-state index contributed by atoms with van der Waals surface area (Å²) in [4.78, 5) is 23.6. The first-order valence-electron chi connectivity index (χ1n) is 6.39. The highest BCUT2D eigenvalue weighted by atomic mass is 79.9. The molecule has 1 heterocycles. The Bertz CT molecular complexity index is 662. The third-order valence-corrected chi connectivity index (χ3v) is 3.47. The molecule has 0 amide bonds. The first kappa shape index (κ1) is 14.7. The topological polar surface area (TPSA) is 52.0 Å². The van der Waals surface area contributed by atoms with E-state index in [1.807, 2.05) is 19.1 Å². The van der Waals surface area contributed by atoms with E-state index < -0.39 is 0 Å². The number of ketones is 1. The van der Waals surface area contributed by atoms with Crippen LogP contribution < -0.4 is 5.56 Å². The lowest BCUT2D eigenvalue weighted by atomic mass is 10.1. The molecule has 0 saturated carbocycles. The van der Waals surface area contributed by atoms with E-state index in [9.17, 15) is 9.59 Å². The van der Waals surface area contributed by atoms with E-state index in [2.05, 4.69) is 21.0 Å². The molecule has 0 saturated heterocycles. The molecule has 0 fully saturated rings. The molecule has 5 heteroatoms. The van der Waals surface area contributed by atoms with Crippen LogP contribution in [-0.2, 0) is 6.54 Å². The first-order chi connectivity index (χ1) is 9.56. The molecule has 4 nitrogen and oxygen atoms in total. The number of Topliss-reactive ketones (excluding diaryl/α,β-unsaturated/α-hetero) is 1. The summed E-state index contributed by atoms with van der Waals surface area (Å²) >= 11 is 3.33. The van der Waals surface area contributed by atoms with Crippen molar-refractivity contribution in [1.82, 2.24) is 9.78 Å². The van der Waals surface area contributed by atoms with Gasteiger partial charge in [-0.2, -0.15) is 5.10 Å². The van der Waals surface area contributed by atoms with E-state index in [0.717, 1.165) is 10.0 Å². The van der Waals surface area contributed by atoms with Crippen LogP contribution in [0.5, 0.6) is 0 Å². The Kier molecular flexibility index (Phi) is 4.84. The van der Waals surface area contributed by atoms with Crippen molar-refractivity contribution in [3.63, 3.8) is 0 Å². The molecular weight excluding hydrogens is 320 g/mol. The van der Waals surface area contributed by atoms with Crippen molar-refractivity contribution in [3.05, 3.63) is 62.5 Å². The van der Waals surface area contributed by atoms with Gasteiger partial charge >= 0.3 is 0 Å². The van der Waals surface area contributed by atoms with Crippen molar-refractivity contribution in [1.29, 1.82) is 0 Å². The standard InChI is InChI=1S/C15H15BrN2O2/c1-11-9-15(20)18(17-10-11)8-2-3-14(19)12-4-6-13(16)7-5-12/h4-7,9-10H,2-3,8H2,1H3. The summed E-state index contributed by atoms with van der Waals surface area (Å²) < 4.78 is 2.34. The van der Waals surface area contributed by atoms with Crippen molar-refractivity contribution in [2.75, 3.05) is 0 Å². The van der Waals surface area contributed by atoms with Gasteiger partial charge in [0.25, 0.3) is 5.56 Å². The third-order valence-electron chi connectivity index (χ3n) is 2.95. The summed E-state index contributed by atoms with van der Waals surface area (Å²) in [5, 5.41) is 4.05. The monoisotopic (exact) mass is 334 g/mol. The summed E-state index contributed by atoms with van der Waals surface area (Å²) in [7, 11) is 0. The number of hydrogen-bond acceptors (Lipinski definition) is 3. The molecule has 2 aromatic rings. The zero-order valence-electron chi connectivity index (χ0n) is 11.2. The minimum Gasteiger partial charge on any atom is -0.294 e. The molecule has 0 aliphatic heterocycles. The lowest BCUT2D eigenvalue weighted by molar-refractivity contribution is 0.0978. The van der Waals surface area contributed by atoms with Gasteiger partial charge < -0.3 is 0 Å². The largest absolute Gasteiger partial charge is 0.294 e. The van der Waals surface area contributed by atoms with Gasteiger partial charge in [0.2, 0.25) is 0 Å². The average molecular weight is 335 g/mol. The van der Waals surface area contributed by atoms with E-state index >= 15 is 0 Å². The molecule has 20 heavy (non-hydrogen) atoms. The van der Waals surface area contributed by atoms with Gasteiger partial charge in [-0.1, -0.05) is 28.1 Å². The fraction of sp³-hybridized carbons (Fsp3) is 0.267. The fourth-order valence-corrected chi connectivity index (χ4v) is 2.13. The molecule has 104 valence electrons. The van der Waals surface area contributed by atoms with Gasteiger partial charge in [-0.3, -0.25) is 9.59 Å². The maximum atomic E-state index is 12.0. The molecule has 0 unspecified atom stereocenters. The molecule has 2 rings (SSSR count). The van der Waals surface area contributed by atoms with Crippen molar-refractivity contribution in [2.24, 2.45) is 0 Å². The Labute approximate surface area is 125 Å². The van der Waals surface area contributed by atoms with Crippen molar-refractivity contribution in [3.8, 4) is 0 Å². The molecule has 0 aliphatic carbocycles. The van der Waals surface area contributed by atoms with Gasteiger partial charge in [0.15, 0.2) is 5.78 Å². The fourth-order valence-electron chi connectivity index (χ4n) is 1.86. The van der Waals surface area contributed by atoms with Crippen LogP contribution in [0.25, 0.3) is 0 Å². The van der Waals surface area contributed by atoms with Gasteiger partial charge in [0.05, 0.1) is 6.20 Å². The highest BCUT2D eigenvalue weighted by Crippen LogP contribution is 2.12. The van der Waals surface area contributed by atoms with Crippen LogP contribution >= 0.6 is 15.9 Å². The maximum absolute atomic E-state index is 12.0. The molecule has 0 spiro atoms. The molecule has 1 aromatic heterocycles. The highest BCUT2D eigenvalue weighted by molar-refractivity contribution is 9.10. The molecule has 1 aromatic carbocycles. The number of carbonyl (C=O) groups excluding carboxylic acids is 1. The highest BCUT2D eigenvalue weighted by Gasteiger charge is 2.06. The smallest absolute Gasteiger partial charge is 0.266 e. The van der Waals surface area contributed by atoms with E-state index in [4.69, 9.17) is 0 Å². The summed E-state index contributed by atoms with van der Waals surface area (Å²) in [6.45, 7) is 2.29. The molecular formula is C15H15BrN2O2. The number of carbonyl (C=O) groups is 1. The number of halogens is 1. The van der Waals surface area contributed by atoms with Crippen LogP contribution in [0.15, 0.2) is 45.8 Å². The Balaban J connectivity index is 1.91. The van der Waals surface area contributed by atoms with Gasteiger partial charge in [0.1, 0.15) is 0 Å². The Morgan fingerprint density at radius 2 is 2.00 bits per heavy atom. The Morgan fingerprint density at radius 3 is 2.65 bits per heavy atom. The molecule has 0 aliphatic rings. The van der Waals surface area contributed by atoms with E-state index in [1.54, 1.807) is 24.4 Å². The number of benzene rings is 1. The Morgan fingerprint density at radius 1 is 1.30 bits per heavy atom. The van der Waals surface area contributed by atoms with E-state index in [1.165, 1.54) is 4.68 Å². The lowest BCUT2D eigenvalue weighted by Gasteiger charge is -2.04. The van der Waals surface area contributed by atoms with E-state index in [0.29, 0.717) is 24.9 Å². The summed E-state index contributed by atoms with van der Waals surface area (Å²) in [5.74, 6) is 0.0812. The van der Waals surface area contributed by atoms with Gasteiger partial charge in [-0.05, 0) is 31.0 Å². The number of hydrogen-bond donors (Lipinski definition) is 0. The number of nitrogens with zero attached hydrogens (tertiary/aromatic N) is 2. The molecule has 0 atom stereocenters. The quantitative estimate of drug-likeness (QED) is 0.790. The van der Waals surface area contributed by atoms with Crippen molar-refractivity contribution < 1.29 is 4.79 Å². The summed E-state index contributed by atoms with van der Waals surface area (Å²) in [5.41, 5.74) is 1.41. The molecule has 0 bridgehead atoms. The van der Waals surface area contributed by atoms with Gasteiger partial charge in [0, 0.05) is 29.1 Å². The van der Waals surface area contributed by atoms with Crippen LogP contribution in [0, 0.1) is 6.92 Å². The van der Waals surface area contributed by atoms with Gasteiger partial charge in [-0.25, -0.2) is 4.68 Å². The average Bonchev–Trinajstić information content (AvgIpc) is 2.42. The number of aryl methyl sites for hydroxylation is 2. The maximum Gasteiger partial charge on any atom is 0.266 e. The van der Waals surface area contributed by atoms with Gasteiger partial charge in [-0.15, -0.1) is 0 Å². The van der Waals surface area contributed by atoms with Crippen molar-refractivity contribution in [2.45, 2.75) is 26.3 Å². The normalized spacial score (nSPS) is 10.5. The summed E-state index contributed by atoms with van der Waals surface area (Å²) in [6, 6.07) is 8.83. The number of rotatable bonds is 5. The minimum absolute atomic E-state index is 0.0812. The molecule has 0 N–H and O–H groups in total. The second-order valence-corrected chi connectivity index (χ2v) is 5.54. The van der Waals surface area contributed by atoms with Crippen LogP contribution in [0.4, 0.5) is 0 Å². The third kappa shape index (κ3) is 3.87. The van der Waals surface area contributed by atoms with Crippen LogP contribution in [0.1, 0.15) is 28.8 Å². The first-order valence-corrected chi connectivity index (χ1v) is 7.18. The second-order valence-electron chi connectivity index (χ2n) is 4.63. The van der Waals surface area contributed by atoms with E-state index in [-0.39, 0.29) is 11.3 Å². The molecule has 0 radical (unpaired) electrons. The lowest BCUT2D eigenvalue weighted by Crippen LogP contribution is -2.22. The minimum atomic E-state index is -0.124. The van der Waals surface area contributed by atoms with Crippen LogP contribution in [0.3, 0.4) is 0 Å².